The van der Waals surface area contributed by atoms with Gasteiger partial charge in [-0.1, -0.05) is 51.3 Å². The predicted molar refractivity (Wildman–Crippen MR) is 123 cm³/mol. The highest BCUT2D eigenvalue weighted by Crippen LogP contribution is 2.27. The van der Waals surface area contributed by atoms with Gasteiger partial charge in [-0.2, -0.15) is 0 Å². The van der Waals surface area contributed by atoms with E-state index >= 15 is 0 Å². The van der Waals surface area contributed by atoms with Gasteiger partial charge >= 0.3 is 0 Å². The Morgan fingerprint density at radius 2 is 1.83 bits per heavy atom. The number of amides is 1. The number of piperidine rings is 1. The van der Waals surface area contributed by atoms with E-state index in [1.165, 1.54) is 11.1 Å². The number of halogens is 3. The maximum absolute atomic E-state index is 12.8. The number of carbonyl (C=O) groups excluding carboxylic acids is 1. The molecule has 4 rings (SSSR count). The van der Waals surface area contributed by atoms with Gasteiger partial charge in [0.05, 0.1) is 10.0 Å². The highest BCUT2D eigenvalue weighted by molar-refractivity contribution is 9.10. The molecule has 1 aliphatic heterocycles. The molecule has 1 heterocycles. The van der Waals surface area contributed by atoms with Crippen molar-refractivity contribution in [3.05, 3.63) is 67.6 Å². The maximum atomic E-state index is 12.8. The average Bonchev–Trinajstić information content (AvgIpc) is 2.71. The summed E-state index contributed by atoms with van der Waals surface area (Å²) in [6.45, 7) is 2.71. The van der Waals surface area contributed by atoms with Crippen molar-refractivity contribution in [3.63, 3.8) is 0 Å². The topological polar surface area (TPSA) is 32.3 Å². The van der Waals surface area contributed by atoms with Gasteiger partial charge in [0.15, 0.2) is 0 Å². The highest BCUT2D eigenvalue weighted by Gasteiger charge is 2.28. The van der Waals surface area contributed by atoms with Crippen LogP contribution in [0.25, 0.3) is 0 Å². The molecule has 0 spiro atoms. The number of benzene rings is 2. The van der Waals surface area contributed by atoms with Gasteiger partial charge in [0.2, 0.25) is 5.91 Å². The van der Waals surface area contributed by atoms with E-state index < -0.39 is 0 Å². The molecule has 0 bridgehead atoms. The number of hydrogen-bond acceptors (Lipinski definition) is 2. The molecule has 1 aliphatic carbocycles. The molecule has 0 radical (unpaired) electrons. The van der Waals surface area contributed by atoms with Crippen LogP contribution in [0.1, 0.15) is 36.0 Å². The summed E-state index contributed by atoms with van der Waals surface area (Å²) in [7, 11) is 0. The SMILES string of the molecule is O=C(NC1CCc2cc(Br)ccc2C1)C1CCN(Cc2ccc(Cl)c(Cl)c2)CC1. The van der Waals surface area contributed by atoms with Crippen molar-refractivity contribution in [1.82, 2.24) is 10.2 Å². The van der Waals surface area contributed by atoms with Crippen LogP contribution in [0.5, 0.6) is 0 Å². The van der Waals surface area contributed by atoms with Crippen LogP contribution in [-0.4, -0.2) is 29.9 Å². The lowest BCUT2D eigenvalue weighted by atomic mass is 9.87. The van der Waals surface area contributed by atoms with Crippen LogP contribution in [-0.2, 0) is 24.2 Å². The summed E-state index contributed by atoms with van der Waals surface area (Å²) in [4.78, 5) is 15.2. The summed E-state index contributed by atoms with van der Waals surface area (Å²) in [5.74, 6) is 0.344. The number of likely N-dealkylation sites (tertiary alicyclic amines) is 1. The number of rotatable bonds is 4. The Balaban J connectivity index is 1.26. The summed E-state index contributed by atoms with van der Waals surface area (Å²) >= 11 is 15.7. The molecule has 2 aliphatic rings. The van der Waals surface area contributed by atoms with Gasteiger partial charge in [-0.05, 0) is 86.1 Å². The molecule has 1 saturated heterocycles. The Morgan fingerprint density at radius 3 is 2.59 bits per heavy atom. The smallest absolute Gasteiger partial charge is 0.223 e. The zero-order chi connectivity index (χ0) is 20.4. The monoisotopic (exact) mass is 494 g/mol. The second kappa shape index (κ2) is 9.38. The molecular formula is C23H25BrCl2N2O. The van der Waals surface area contributed by atoms with Gasteiger partial charge in [0.25, 0.3) is 0 Å². The minimum atomic E-state index is 0.117. The van der Waals surface area contributed by atoms with Crippen LogP contribution in [0, 0.1) is 5.92 Å². The molecule has 154 valence electrons. The summed E-state index contributed by atoms with van der Waals surface area (Å²) in [5, 5.41) is 4.50. The standard InChI is InChI=1S/C23H25BrCl2N2O/c24-19-4-2-18-13-20(5-3-17(18)12-19)27-23(29)16-7-9-28(10-8-16)14-15-1-6-21(25)22(26)11-15/h1-2,4,6,11-12,16,20H,3,5,7-10,13-14H2,(H,27,29). The molecule has 1 fully saturated rings. The molecule has 0 saturated carbocycles. The van der Waals surface area contributed by atoms with Crippen molar-refractivity contribution < 1.29 is 4.79 Å². The fraction of sp³-hybridized carbons (Fsp3) is 0.435. The minimum Gasteiger partial charge on any atom is -0.353 e. The van der Waals surface area contributed by atoms with Crippen LogP contribution in [0.4, 0.5) is 0 Å². The predicted octanol–water partition coefficient (Wildman–Crippen LogP) is 5.64. The Kier molecular flexibility index (Phi) is 6.85. The van der Waals surface area contributed by atoms with Crippen LogP contribution in [0.3, 0.4) is 0 Å². The zero-order valence-corrected chi connectivity index (χ0v) is 19.4. The van der Waals surface area contributed by atoms with E-state index in [1.807, 2.05) is 18.2 Å². The molecule has 6 heteroatoms. The summed E-state index contributed by atoms with van der Waals surface area (Å²) in [6.07, 6.45) is 4.80. The fourth-order valence-electron chi connectivity index (χ4n) is 4.42. The van der Waals surface area contributed by atoms with E-state index in [0.717, 1.165) is 61.8 Å². The molecule has 2 aromatic rings. The van der Waals surface area contributed by atoms with Crippen LogP contribution in [0.2, 0.25) is 10.0 Å². The molecule has 2 aromatic carbocycles. The van der Waals surface area contributed by atoms with E-state index in [4.69, 9.17) is 23.2 Å². The van der Waals surface area contributed by atoms with Crippen molar-refractivity contribution in [3.8, 4) is 0 Å². The molecular weight excluding hydrogens is 471 g/mol. The fourth-order valence-corrected chi connectivity index (χ4v) is 5.14. The van der Waals surface area contributed by atoms with Crippen LogP contribution in [0.15, 0.2) is 40.9 Å². The minimum absolute atomic E-state index is 0.117. The first kappa shape index (κ1) is 21.2. The lowest BCUT2D eigenvalue weighted by Crippen LogP contribution is -2.45. The number of nitrogens with one attached hydrogen (secondary N) is 1. The van der Waals surface area contributed by atoms with Gasteiger partial charge in [0, 0.05) is 23.0 Å². The van der Waals surface area contributed by atoms with E-state index in [0.29, 0.717) is 10.0 Å². The number of aryl methyl sites for hydroxylation is 1. The molecule has 1 amide bonds. The van der Waals surface area contributed by atoms with Crippen molar-refractivity contribution in [1.29, 1.82) is 0 Å². The van der Waals surface area contributed by atoms with Crippen LogP contribution >= 0.6 is 39.1 Å². The number of carbonyl (C=O) groups is 1. The third-order valence-electron chi connectivity index (χ3n) is 6.09. The van der Waals surface area contributed by atoms with Gasteiger partial charge in [-0.3, -0.25) is 9.69 Å². The number of hydrogen-bond donors (Lipinski definition) is 1. The molecule has 1 unspecified atom stereocenters. The van der Waals surface area contributed by atoms with Gasteiger partial charge in [-0.25, -0.2) is 0 Å². The normalized spacial score (nSPS) is 20.3. The Morgan fingerprint density at radius 1 is 1.03 bits per heavy atom. The first-order valence-electron chi connectivity index (χ1n) is 10.2. The maximum Gasteiger partial charge on any atom is 0.223 e. The third kappa shape index (κ3) is 5.35. The average molecular weight is 496 g/mol. The second-order valence-corrected chi connectivity index (χ2v) is 9.89. The van der Waals surface area contributed by atoms with Crippen molar-refractivity contribution in [2.45, 2.75) is 44.7 Å². The second-order valence-electron chi connectivity index (χ2n) is 8.16. The lowest BCUT2D eigenvalue weighted by Gasteiger charge is -2.33. The summed E-state index contributed by atoms with van der Waals surface area (Å²) < 4.78 is 1.13. The van der Waals surface area contributed by atoms with E-state index in [1.54, 1.807) is 0 Å². The van der Waals surface area contributed by atoms with Crippen LogP contribution < -0.4 is 5.32 Å². The van der Waals surface area contributed by atoms with Crippen molar-refractivity contribution >= 4 is 45.0 Å². The summed E-state index contributed by atoms with van der Waals surface area (Å²) in [6, 6.07) is 12.5. The lowest BCUT2D eigenvalue weighted by molar-refractivity contribution is -0.127. The summed E-state index contributed by atoms with van der Waals surface area (Å²) in [5.41, 5.74) is 3.93. The molecule has 0 aromatic heterocycles. The third-order valence-corrected chi connectivity index (χ3v) is 7.32. The quantitative estimate of drug-likeness (QED) is 0.595. The van der Waals surface area contributed by atoms with Crippen molar-refractivity contribution in [2.75, 3.05) is 13.1 Å². The number of fused-ring (bicyclic) bond motifs is 1. The van der Waals surface area contributed by atoms with E-state index in [9.17, 15) is 4.79 Å². The first-order valence-corrected chi connectivity index (χ1v) is 11.8. The first-order chi connectivity index (χ1) is 14.0. The largest absolute Gasteiger partial charge is 0.353 e. The highest BCUT2D eigenvalue weighted by atomic mass is 79.9. The molecule has 3 nitrogen and oxygen atoms in total. The molecule has 29 heavy (non-hydrogen) atoms. The number of nitrogens with zero attached hydrogens (tertiary/aromatic N) is 1. The van der Waals surface area contributed by atoms with Gasteiger partial charge in [0.1, 0.15) is 0 Å². The van der Waals surface area contributed by atoms with Gasteiger partial charge in [-0.15, -0.1) is 0 Å². The Bertz CT molecular complexity index is 896. The Hall–Kier alpha value is -1.07. The van der Waals surface area contributed by atoms with E-state index in [2.05, 4.69) is 44.3 Å². The molecule has 1 N–H and O–H groups in total. The van der Waals surface area contributed by atoms with E-state index in [-0.39, 0.29) is 17.9 Å². The molecule has 1 atom stereocenters. The van der Waals surface area contributed by atoms with Crippen molar-refractivity contribution in [2.24, 2.45) is 5.92 Å². The van der Waals surface area contributed by atoms with Gasteiger partial charge < -0.3 is 5.32 Å². The zero-order valence-electron chi connectivity index (χ0n) is 16.3. The Labute approximate surface area is 190 Å².